The molecule has 0 aliphatic heterocycles. The summed E-state index contributed by atoms with van der Waals surface area (Å²) in [6.07, 6.45) is -0.771. The predicted octanol–water partition coefficient (Wildman–Crippen LogP) is 4.09. The Bertz CT molecular complexity index is 612. The van der Waals surface area contributed by atoms with Crippen LogP contribution in [0.5, 0.6) is 5.75 Å². The SMILES string of the molecule is OC(CNc1ccc(Cl)cc1Br)COc1ccccc1F. The second kappa shape index (κ2) is 7.64. The van der Waals surface area contributed by atoms with Gasteiger partial charge in [0, 0.05) is 21.7 Å². The molecular formula is C15H14BrClFNO2. The maximum Gasteiger partial charge on any atom is 0.165 e. The van der Waals surface area contributed by atoms with E-state index < -0.39 is 11.9 Å². The van der Waals surface area contributed by atoms with Crippen LogP contribution in [0.4, 0.5) is 10.1 Å². The van der Waals surface area contributed by atoms with Crippen LogP contribution in [-0.2, 0) is 0 Å². The largest absolute Gasteiger partial charge is 0.488 e. The molecule has 3 nitrogen and oxygen atoms in total. The van der Waals surface area contributed by atoms with Crippen molar-refractivity contribution < 1.29 is 14.2 Å². The van der Waals surface area contributed by atoms with E-state index in [4.69, 9.17) is 16.3 Å². The molecule has 0 bridgehead atoms. The third kappa shape index (κ3) is 4.88. The lowest BCUT2D eigenvalue weighted by atomic mass is 10.3. The third-order valence-electron chi connectivity index (χ3n) is 2.73. The number of hydrogen-bond donors (Lipinski definition) is 2. The highest BCUT2D eigenvalue weighted by Crippen LogP contribution is 2.25. The van der Waals surface area contributed by atoms with E-state index in [9.17, 15) is 9.50 Å². The molecule has 0 heterocycles. The second-order valence-corrected chi connectivity index (χ2v) is 5.69. The van der Waals surface area contributed by atoms with Gasteiger partial charge in [0.15, 0.2) is 11.6 Å². The number of aliphatic hydroxyl groups excluding tert-OH is 1. The summed E-state index contributed by atoms with van der Waals surface area (Å²) in [5.74, 6) is -0.317. The van der Waals surface area contributed by atoms with Crippen LogP contribution in [0.15, 0.2) is 46.9 Å². The summed E-state index contributed by atoms with van der Waals surface area (Å²) in [6, 6.07) is 11.4. The number of aliphatic hydroxyl groups is 1. The van der Waals surface area contributed by atoms with Crippen LogP contribution in [-0.4, -0.2) is 24.4 Å². The molecule has 21 heavy (non-hydrogen) atoms. The summed E-state index contributed by atoms with van der Waals surface area (Å²) >= 11 is 9.22. The summed E-state index contributed by atoms with van der Waals surface area (Å²) in [7, 11) is 0. The summed E-state index contributed by atoms with van der Waals surface area (Å²) in [5, 5.41) is 13.5. The Morgan fingerprint density at radius 2 is 2.05 bits per heavy atom. The first kappa shape index (κ1) is 16.1. The van der Waals surface area contributed by atoms with Crippen molar-refractivity contribution in [3.05, 3.63) is 57.8 Å². The van der Waals surface area contributed by atoms with Gasteiger partial charge in [-0.05, 0) is 46.3 Å². The molecule has 2 aromatic carbocycles. The molecule has 2 aromatic rings. The molecule has 0 aromatic heterocycles. The molecule has 0 aliphatic rings. The van der Waals surface area contributed by atoms with E-state index in [0.29, 0.717) is 5.02 Å². The molecule has 0 saturated heterocycles. The first-order valence-corrected chi connectivity index (χ1v) is 7.47. The molecule has 0 saturated carbocycles. The molecular weight excluding hydrogens is 361 g/mol. The fourth-order valence-electron chi connectivity index (χ4n) is 1.67. The molecule has 0 fully saturated rings. The summed E-state index contributed by atoms with van der Waals surface area (Å²) in [4.78, 5) is 0. The Morgan fingerprint density at radius 3 is 2.76 bits per heavy atom. The Hall–Kier alpha value is -1.30. The van der Waals surface area contributed by atoms with Gasteiger partial charge in [-0.15, -0.1) is 0 Å². The minimum Gasteiger partial charge on any atom is -0.488 e. The normalized spacial score (nSPS) is 12.0. The summed E-state index contributed by atoms with van der Waals surface area (Å²) < 4.78 is 19.4. The Labute approximate surface area is 135 Å². The van der Waals surface area contributed by atoms with E-state index in [1.165, 1.54) is 12.1 Å². The van der Waals surface area contributed by atoms with Gasteiger partial charge in [0.2, 0.25) is 0 Å². The number of anilines is 1. The average molecular weight is 375 g/mol. The highest BCUT2D eigenvalue weighted by molar-refractivity contribution is 9.10. The number of nitrogens with one attached hydrogen (secondary N) is 1. The van der Waals surface area contributed by atoms with Gasteiger partial charge in [0.1, 0.15) is 12.7 Å². The third-order valence-corrected chi connectivity index (χ3v) is 3.62. The Morgan fingerprint density at radius 1 is 1.29 bits per heavy atom. The van der Waals surface area contributed by atoms with Crippen LogP contribution in [0.25, 0.3) is 0 Å². The molecule has 0 aliphatic carbocycles. The first-order valence-electron chi connectivity index (χ1n) is 6.30. The van der Waals surface area contributed by atoms with E-state index in [2.05, 4.69) is 21.2 Å². The van der Waals surface area contributed by atoms with Crippen molar-refractivity contribution in [1.82, 2.24) is 0 Å². The maximum atomic E-state index is 13.3. The Balaban J connectivity index is 1.82. The minimum absolute atomic E-state index is 0.000851. The zero-order valence-electron chi connectivity index (χ0n) is 11.0. The molecule has 0 spiro atoms. The summed E-state index contributed by atoms with van der Waals surface area (Å²) in [5.41, 5.74) is 0.810. The quantitative estimate of drug-likeness (QED) is 0.800. The van der Waals surface area contributed by atoms with Gasteiger partial charge in [-0.1, -0.05) is 23.7 Å². The van der Waals surface area contributed by atoms with Crippen LogP contribution in [0.2, 0.25) is 5.02 Å². The van der Waals surface area contributed by atoms with Gasteiger partial charge in [0.05, 0.1) is 0 Å². The van der Waals surface area contributed by atoms with Gasteiger partial charge in [-0.25, -0.2) is 4.39 Å². The molecule has 112 valence electrons. The van der Waals surface area contributed by atoms with Crippen LogP contribution >= 0.6 is 27.5 Å². The lowest BCUT2D eigenvalue weighted by Gasteiger charge is -2.15. The van der Waals surface area contributed by atoms with Crippen molar-refractivity contribution in [3.8, 4) is 5.75 Å². The fraction of sp³-hybridized carbons (Fsp3) is 0.200. The molecule has 1 unspecified atom stereocenters. The fourth-order valence-corrected chi connectivity index (χ4v) is 2.49. The van der Waals surface area contributed by atoms with Crippen molar-refractivity contribution in [2.24, 2.45) is 0 Å². The van der Waals surface area contributed by atoms with Crippen LogP contribution < -0.4 is 10.1 Å². The monoisotopic (exact) mass is 373 g/mol. The number of hydrogen-bond acceptors (Lipinski definition) is 3. The molecule has 0 radical (unpaired) electrons. The summed E-state index contributed by atoms with van der Waals surface area (Å²) in [6.45, 7) is 0.272. The van der Waals surface area contributed by atoms with E-state index in [1.807, 2.05) is 0 Å². The van der Waals surface area contributed by atoms with Gasteiger partial charge >= 0.3 is 0 Å². The second-order valence-electron chi connectivity index (χ2n) is 4.40. The lowest BCUT2D eigenvalue weighted by molar-refractivity contribution is 0.115. The number of ether oxygens (including phenoxy) is 1. The highest BCUT2D eigenvalue weighted by Gasteiger charge is 2.09. The highest BCUT2D eigenvalue weighted by atomic mass is 79.9. The van der Waals surface area contributed by atoms with E-state index in [0.717, 1.165) is 10.2 Å². The maximum absolute atomic E-state index is 13.3. The number of para-hydroxylation sites is 1. The zero-order chi connectivity index (χ0) is 15.2. The molecule has 0 amide bonds. The first-order chi connectivity index (χ1) is 10.1. The smallest absolute Gasteiger partial charge is 0.165 e. The van der Waals surface area contributed by atoms with Crippen molar-refractivity contribution in [3.63, 3.8) is 0 Å². The van der Waals surface area contributed by atoms with E-state index >= 15 is 0 Å². The van der Waals surface area contributed by atoms with Gasteiger partial charge in [0.25, 0.3) is 0 Å². The molecule has 2 rings (SSSR count). The minimum atomic E-state index is -0.771. The van der Waals surface area contributed by atoms with Gasteiger partial charge < -0.3 is 15.2 Å². The molecule has 6 heteroatoms. The van der Waals surface area contributed by atoms with Crippen LogP contribution in [0, 0.1) is 5.82 Å². The van der Waals surface area contributed by atoms with Crippen LogP contribution in [0.3, 0.4) is 0 Å². The van der Waals surface area contributed by atoms with Gasteiger partial charge in [-0.2, -0.15) is 0 Å². The van der Waals surface area contributed by atoms with E-state index in [1.54, 1.807) is 30.3 Å². The lowest BCUT2D eigenvalue weighted by Crippen LogP contribution is -2.26. The standard InChI is InChI=1S/C15H14BrClFNO2/c16-12-7-10(17)5-6-14(12)19-8-11(20)9-21-15-4-2-1-3-13(15)18/h1-7,11,19-20H,8-9H2. The van der Waals surface area contributed by atoms with Gasteiger partial charge in [-0.3, -0.25) is 0 Å². The molecule has 2 N–H and O–H groups in total. The predicted molar refractivity (Wildman–Crippen MR) is 85.5 cm³/mol. The van der Waals surface area contributed by atoms with Crippen molar-refractivity contribution in [2.45, 2.75) is 6.10 Å². The Kier molecular flexibility index (Phi) is 5.85. The number of rotatable bonds is 6. The topological polar surface area (TPSA) is 41.5 Å². The van der Waals surface area contributed by atoms with E-state index in [-0.39, 0.29) is 18.9 Å². The zero-order valence-corrected chi connectivity index (χ0v) is 13.4. The van der Waals surface area contributed by atoms with Crippen molar-refractivity contribution in [2.75, 3.05) is 18.5 Å². The average Bonchev–Trinajstić information content (AvgIpc) is 2.45. The van der Waals surface area contributed by atoms with Crippen molar-refractivity contribution >= 4 is 33.2 Å². The number of benzene rings is 2. The number of halogens is 3. The van der Waals surface area contributed by atoms with Crippen molar-refractivity contribution in [1.29, 1.82) is 0 Å². The molecule has 1 atom stereocenters. The van der Waals surface area contributed by atoms with Crippen LogP contribution in [0.1, 0.15) is 0 Å².